The monoisotopic (exact) mass is 786 g/mol. The van der Waals surface area contributed by atoms with E-state index in [4.69, 9.17) is 4.42 Å². The average molecular weight is 787 g/mol. The van der Waals surface area contributed by atoms with E-state index in [1.54, 1.807) is 0 Å². The molecule has 1 aliphatic heterocycles. The summed E-state index contributed by atoms with van der Waals surface area (Å²) in [5.41, 5.74) is 11.0. The summed E-state index contributed by atoms with van der Waals surface area (Å²) in [5, 5.41) is 12.6. The molecule has 10 aromatic carbocycles. The van der Waals surface area contributed by atoms with E-state index in [1.165, 1.54) is 90.9 Å². The lowest BCUT2D eigenvalue weighted by Crippen LogP contribution is -2.05. The molecule has 0 N–H and O–H groups in total. The van der Waals surface area contributed by atoms with Gasteiger partial charge in [-0.3, -0.25) is 0 Å². The second-order valence-electron chi connectivity index (χ2n) is 15.8. The fraction of sp³-hybridized carbons (Fsp3) is 0.0357. The van der Waals surface area contributed by atoms with E-state index < -0.39 is 0 Å². The molecule has 2 unspecified atom stereocenters. The lowest BCUT2D eigenvalue weighted by atomic mass is 9.84. The fourth-order valence-electron chi connectivity index (χ4n) is 10.1. The van der Waals surface area contributed by atoms with Gasteiger partial charge in [0.05, 0.1) is 0 Å². The zero-order valence-electron chi connectivity index (χ0n) is 31.9. The van der Waals surface area contributed by atoms with E-state index in [0.29, 0.717) is 5.25 Å². The molecule has 0 amide bonds. The van der Waals surface area contributed by atoms with Gasteiger partial charge >= 0.3 is 0 Å². The SMILES string of the molecule is c1ccc(C2Sc3cc4sc5ccc(-c6c7ccccc7c(-c7cccc8oc9c%10ccccc%10ccc9c78)c7ccccc67)cc5c4cc3C2c2ccccc2)cc1. The number of rotatable bonds is 4. The Kier molecular flexibility index (Phi) is 7.30. The van der Waals surface area contributed by atoms with Gasteiger partial charge in [0.15, 0.2) is 0 Å². The van der Waals surface area contributed by atoms with Crippen molar-refractivity contribution >= 4 is 97.5 Å². The molecule has 12 aromatic rings. The third kappa shape index (κ3) is 4.99. The van der Waals surface area contributed by atoms with Gasteiger partial charge in [0.25, 0.3) is 0 Å². The Balaban J connectivity index is 1.03. The van der Waals surface area contributed by atoms with Crippen LogP contribution in [0.4, 0.5) is 0 Å². The smallest absolute Gasteiger partial charge is 0.143 e. The lowest BCUT2D eigenvalue weighted by Gasteiger charge is -2.20. The minimum Gasteiger partial charge on any atom is -0.455 e. The Labute approximate surface area is 349 Å². The third-order valence-corrected chi connectivity index (χ3v) is 15.2. The normalized spacial score (nSPS) is 15.4. The van der Waals surface area contributed by atoms with E-state index in [-0.39, 0.29) is 5.92 Å². The topological polar surface area (TPSA) is 13.1 Å². The average Bonchev–Trinajstić information content (AvgIpc) is 3.99. The van der Waals surface area contributed by atoms with Crippen LogP contribution < -0.4 is 0 Å². The zero-order valence-corrected chi connectivity index (χ0v) is 33.5. The van der Waals surface area contributed by atoms with Crippen LogP contribution in [0.2, 0.25) is 0 Å². The van der Waals surface area contributed by atoms with Crippen molar-refractivity contribution in [2.45, 2.75) is 16.1 Å². The summed E-state index contributed by atoms with van der Waals surface area (Å²) < 4.78 is 9.37. The number of fused-ring (bicyclic) bond motifs is 11. The summed E-state index contributed by atoms with van der Waals surface area (Å²) in [6.07, 6.45) is 0. The van der Waals surface area contributed by atoms with Gasteiger partial charge in [-0.2, -0.15) is 0 Å². The molecule has 2 atom stereocenters. The van der Waals surface area contributed by atoms with Crippen LogP contribution in [0.1, 0.15) is 27.9 Å². The van der Waals surface area contributed by atoms with E-state index in [2.05, 4.69) is 194 Å². The van der Waals surface area contributed by atoms with Gasteiger partial charge in [-0.1, -0.05) is 158 Å². The molecule has 276 valence electrons. The van der Waals surface area contributed by atoms with Gasteiger partial charge in [-0.15, -0.1) is 23.1 Å². The molecule has 1 nitrogen and oxygen atoms in total. The van der Waals surface area contributed by atoms with Crippen molar-refractivity contribution in [2.75, 3.05) is 0 Å². The first-order chi connectivity index (χ1) is 29.3. The van der Waals surface area contributed by atoms with Crippen LogP contribution in [0.25, 0.3) is 96.7 Å². The van der Waals surface area contributed by atoms with Crippen molar-refractivity contribution in [3.8, 4) is 22.3 Å². The van der Waals surface area contributed by atoms with Gasteiger partial charge in [0.1, 0.15) is 11.2 Å². The van der Waals surface area contributed by atoms with Crippen molar-refractivity contribution in [3.05, 3.63) is 211 Å². The molecule has 3 heterocycles. The fourth-order valence-corrected chi connectivity index (χ4v) is 12.8. The number of thioether (sulfide) groups is 1. The molecule has 3 heteroatoms. The van der Waals surface area contributed by atoms with Crippen LogP contribution >= 0.6 is 23.1 Å². The van der Waals surface area contributed by atoms with Crippen LogP contribution in [0.5, 0.6) is 0 Å². The largest absolute Gasteiger partial charge is 0.455 e. The first-order valence-electron chi connectivity index (χ1n) is 20.3. The van der Waals surface area contributed by atoms with Gasteiger partial charge in [-0.25, -0.2) is 0 Å². The summed E-state index contributed by atoms with van der Waals surface area (Å²) in [5.74, 6) is 0.275. The third-order valence-electron chi connectivity index (χ3n) is 12.7. The Hall–Kier alpha value is -6.65. The minimum absolute atomic E-state index is 0.275. The molecule has 59 heavy (non-hydrogen) atoms. The Bertz CT molecular complexity index is 3600. The van der Waals surface area contributed by atoms with Crippen LogP contribution in [0.3, 0.4) is 0 Å². The highest BCUT2D eigenvalue weighted by molar-refractivity contribution is 8.00. The van der Waals surface area contributed by atoms with Crippen molar-refractivity contribution < 1.29 is 4.42 Å². The Morgan fingerprint density at radius 2 is 1.07 bits per heavy atom. The van der Waals surface area contributed by atoms with Crippen LogP contribution in [-0.4, -0.2) is 0 Å². The molecular formula is C56H34OS2. The molecular weight excluding hydrogens is 753 g/mol. The molecule has 1 aliphatic rings. The number of benzene rings is 10. The molecule has 13 rings (SSSR count). The molecule has 0 fully saturated rings. The first-order valence-corrected chi connectivity index (χ1v) is 22.0. The predicted molar refractivity (Wildman–Crippen MR) is 253 cm³/mol. The molecule has 0 radical (unpaired) electrons. The van der Waals surface area contributed by atoms with E-state index >= 15 is 0 Å². The van der Waals surface area contributed by atoms with Crippen molar-refractivity contribution in [1.82, 2.24) is 0 Å². The quantitative estimate of drug-likeness (QED) is 0.165. The first kappa shape index (κ1) is 33.3. The van der Waals surface area contributed by atoms with Gasteiger partial charge in [0.2, 0.25) is 0 Å². The predicted octanol–water partition coefficient (Wildman–Crippen LogP) is 16.7. The van der Waals surface area contributed by atoms with Crippen molar-refractivity contribution in [2.24, 2.45) is 0 Å². The summed E-state index contributed by atoms with van der Waals surface area (Å²) in [7, 11) is 0. The maximum absolute atomic E-state index is 6.70. The highest BCUT2D eigenvalue weighted by Crippen LogP contribution is 2.58. The number of hydrogen-bond acceptors (Lipinski definition) is 3. The lowest BCUT2D eigenvalue weighted by molar-refractivity contribution is 0.673. The Morgan fingerprint density at radius 1 is 0.424 bits per heavy atom. The molecule has 0 spiro atoms. The maximum atomic E-state index is 6.70. The summed E-state index contributed by atoms with van der Waals surface area (Å²) >= 11 is 3.94. The number of furan rings is 1. The van der Waals surface area contributed by atoms with Gasteiger partial charge in [-0.05, 0) is 102 Å². The highest BCUT2D eigenvalue weighted by Gasteiger charge is 2.36. The second kappa shape index (κ2) is 12.9. The van der Waals surface area contributed by atoms with Crippen LogP contribution in [0.15, 0.2) is 203 Å². The summed E-state index contributed by atoms with van der Waals surface area (Å²) in [6, 6.07) is 71.9. The van der Waals surface area contributed by atoms with E-state index in [9.17, 15) is 0 Å². The minimum atomic E-state index is 0.275. The molecule has 0 saturated carbocycles. The number of hydrogen-bond donors (Lipinski definition) is 0. The highest BCUT2D eigenvalue weighted by atomic mass is 32.2. The second-order valence-corrected chi connectivity index (χ2v) is 18.1. The van der Waals surface area contributed by atoms with Crippen LogP contribution in [0, 0.1) is 0 Å². The standard InChI is InChI=1S/C56H34OS2/c1-3-15-34(16-4-1)52-46-31-45-44-30-36(27-29-48(44)58-49(45)32-50(46)59-56(52)35-17-5-2-6-18-35)51-38-20-9-11-22-40(38)53(41-23-12-10-21-39(41)51)42-24-13-25-47-54(42)43-28-26-33-14-7-8-19-37(33)55(43)57-47/h1-32,52,56H. The zero-order chi connectivity index (χ0) is 38.6. The number of thiophene rings is 1. The summed E-state index contributed by atoms with van der Waals surface area (Å²) in [6.45, 7) is 0. The van der Waals surface area contributed by atoms with Crippen LogP contribution in [-0.2, 0) is 0 Å². The maximum Gasteiger partial charge on any atom is 0.143 e. The van der Waals surface area contributed by atoms with Gasteiger partial charge < -0.3 is 4.42 Å². The van der Waals surface area contributed by atoms with Crippen molar-refractivity contribution in [3.63, 3.8) is 0 Å². The van der Waals surface area contributed by atoms with Crippen molar-refractivity contribution in [1.29, 1.82) is 0 Å². The Morgan fingerprint density at radius 3 is 1.81 bits per heavy atom. The summed E-state index contributed by atoms with van der Waals surface area (Å²) in [4.78, 5) is 1.40. The van der Waals surface area contributed by atoms with E-state index in [1.807, 2.05) is 23.1 Å². The van der Waals surface area contributed by atoms with E-state index in [0.717, 1.165) is 27.3 Å². The molecule has 2 aromatic heterocycles. The molecule has 0 bridgehead atoms. The van der Waals surface area contributed by atoms with Gasteiger partial charge in [0, 0.05) is 52.4 Å². The molecule has 0 aliphatic carbocycles. The molecule has 0 saturated heterocycles.